The van der Waals surface area contributed by atoms with E-state index in [-0.39, 0.29) is 24.0 Å². The molecule has 0 unspecified atom stereocenters. The van der Waals surface area contributed by atoms with Crippen LogP contribution in [0.5, 0.6) is 0 Å². The number of amides is 1. The number of imidazole rings is 1. The monoisotopic (exact) mass is 381 g/mol. The van der Waals surface area contributed by atoms with Crippen LogP contribution in [0.2, 0.25) is 0 Å². The number of aromatic nitrogens is 2. The smallest absolute Gasteiger partial charge is 0.410 e. The Morgan fingerprint density at radius 2 is 1.89 bits per heavy atom. The van der Waals surface area contributed by atoms with E-state index in [4.69, 9.17) is 14.5 Å². The van der Waals surface area contributed by atoms with E-state index in [1.165, 1.54) is 0 Å². The maximum absolute atomic E-state index is 12.3. The van der Waals surface area contributed by atoms with E-state index in [2.05, 4.69) is 18.4 Å². The van der Waals surface area contributed by atoms with Crippen molar-refractivity contribution in [2.24, 2.45) is 0 Å². The molecule has 1 amide bonds. The van der Waals surface area contributed by atoms with Crippen LogP contribution in [0.3, 0.4) is 0 Å². The number of carbonyl (C=O) groups excluding carboxylic acids is 1. The highest BCUT2D eigenvalue weighted by Gasteiger charge is 2.31. The average molecular weight is 382 g/mol. The van der Waals surface area contributed by atoms with Crippen molar-refractivity contribution in [3.8, 4) is 0 Å². The van der Waals surface area contributed by atoms with Crippen LogP contribution in [0.15, 0.2) is 6.20 Å². The number of likely N-dealkylation sites (tertiary alicyclic amines) is 1. The molecule has 0 saturated carbocycles. The quantitative estimate of drug-likeness (QED) is 0.820. The zero-order valence-corrected chi connectivity index (χ0v) is 17.6. The third-order valence-electron chi connectivity index (χ3n) is 4.86. The maximum Gasteiger partial charge on any atom is 0.410 e. The lowest BCUT2D eigenvalue weighted by Crippen LogP contribution is -2.41. The molecule has 7 nitrogen and oxygen atoms in total. The van der Waals surface area contributed by atoms with Crippen molar-refractivity contribution in [3.05, 3.63) is 17.7 Å². The summed E-state index contributed by atoms with van der Waals surface area (Å²) in [4.78, 5) is 19.0. The second kappa shape index (κ2) is 8.61. The molecule has 7 heteroatoms. The average Bonchev–Trinajstić information content (AvgIpc) is 2.99. The lowest BCUT2D eigenvalue weighted by molar-refractivity contribution is 0.0202. The molecule has 2 rings (SSSR count). The van der Waals surface area contributed by atoms with Crippen LogP contribution in [-0.2, 0) is 21.4 Å². The van der Waals surface area contributed by atoms with Crippen molar-refractivity contribution in [3.63, 3.8) is 0 Å². The largest absolute Gasteiger partial charge is 0.444 e. The van der Waals surface area contributed by atoms with Gasteiger partial charge in [0.15, 0.2) is 0 Å². The minimum absolute atomic E-state index is 0.0737. The van der Waals surface area contributed by atoms with E-state index in [9.17, 15) is 9.90 Å². The summed E-state index contributed by atoms with van der Waals surface area (Å²) in [6.45, 7) is 12.4. The molecule has 27 heavy (non-hydrogen) atoms. The Balaban J connectivity index is 2.10. The standard InChI is InChI=1S/C20H35N3O4/c1-19(2,3)27-18(25)22-9-7-15(8-10-22)17-21-16(13-23(17)11-12-24)20(4,5)14-26-6/h13,15,24H,7-12,14H2,1-6H3. The van der Waals surface area contributed by atoms with Crippen LogP contribution >= 0.6 is 0 Å². The summed E-state index contributed by atoms with van der Waals surface area (Å²) in [5.41, 5.74) is 0.302. The highest BCUT2D eigenvalue weighted by atomic mass is 16.6. The molecule has 0 radical (unpaired) electrons. The van der Waals surface area contributed by atoms with Gasteiger partial charge < -0.3 is 24.0 Å². The molecule has 1 fully saturated rings. The number of ether oxygens (including phenoxy) is 2. The van der Waals surface area contributed by atoms with E-state index < -0.39 is 5.60 Å². The Bertz CT molecular complexity index is 626. The van der Waals surface area contributed by atoms with Gasteiger partial charge in [-0.05, 0) is 33.6 Å². The Morgan fingerprint density at radius 3 is 2.41 bits per heavy atom. The van der Waals surface area contributed by atoms with Gasteiger partial charge in [-0.1, -0.05) is 13.8 Å². The molecule has 0 atom stereocenters. The number of nitrogens with zero attached hydrogens (tertiary/aromatic N) is 3. The van der Waals surface area contributed by atoms with Crippen LogP contribution < -0.4 is 0 Å². The van der Waals surface area contributed by atoms with Gasteiger partial charge in [-0.25, -0.2) is 9.78 Å². The van der Waals surface area contributed by atoms with Crippen molar-refractivity contribution in [1.82, 2.24) is 14.5 Å². The van der Waals surface area contributed by atoms with E-state index in [0.717, 1.165) is 24.4 Å². The highest BCUT2D eigenvalue weighted by Crippen LogP contribution is 2.31. The number of aliphatic hydroxyl groups excluding tert-OH is 1. The van der Waals surface area contributed by atoms with Crippen LogP contribution in [0.25, 0.3) is 0 Å². The molecule has 1 N–H and O–H groups in total. The molecule has 0 bridgehead atoms. The second-order valence-corrected chi connectivity index (χ2v) is 8.96. The maximum atomic E-state index is 12.3. The van der Waals surface area contributed by atoms with Gasteiger partial charge in [0, 0.05) is 44.3 Å². The Hall–Kier alpha value is -1.60. The molecule has 154 valence electrons. The highest BCUT2D eigenvalue weighted by molar-refractivity contribution is 5.68. The van der Waals surface area contributed by atoms with Crippen LogP contribution in [-0.4, -0.2) is 64.7 Å². The third-order valence-corrected chi connectivity index (χ3v) is 4.86. The SMILES string of the molecule is COCC(C)(C)c1cn(CCO)c(C2CCN(C(=O)OC(C)(C)C)CC2)n1. The number of piperidine rings is 1. The van der Waals surface area contributed by atoms with Gasteiger partial charge >= 0.3 is 6.09 Å². The first kappa shape index (κ1) is 21.7. The fourth-order valence-electron chi connectivity index (χ4n) is 3.45. The number of hydrogen-bond donors (Lipinski definition) is 1. The molecule has 2 heterocycles. The molecule has 1 aromatic rings. The number of carbonyl (C=O) groups is 1. The number of rotatable bonds is 6. The van der Waals surface area contributed by atoms with E-state index in [1.54, 1.807) is 12.0 Å². The summed E-state index contributed by atoms with van der Waals surface area (Å²) in [6, 6.07) is 0. The summed E-state index contributed by atoms with van der Waals surface area (Å²) in [5.74, 6) is 1.26. The van der Waals surface area contributed by atoms with Gasteiger partial charge in [-0.2, -0.15) is 0 Å². The van der Waals surface area contributed by atoms with E-state index in [0.29, 0.717) is 26.2 Å². The van der Waals surface area contributed by atoms with E-state index in [1.807, 2.05) is 27.0 Å². The molecule has 1 saturated heterocycles. The lowest BCUT2D eigenvalue weighted by Gasteiger charge is -2.33. The zero-order valence-electron chi connectivity index (χ0n) is 17.6. The second-order valence-electron chi connectivity index (χ2n) is 8.96. The minimum atomic E-state index is -0.479. The number of methoxy groups -OCH3 is 1. The fraction of sp³-hybridized carbons (Fsp3) is 0.800. The van der Waals surface area contributed by atoms with Gasteiger partial charge in [0.25, 0.3) is 0 Å². The third kappa shape index (κ3) is 5.69. The lowest BCUT2D eigenvalue weighted by atomic mass is 9.91. The predicted octanol–water partition coefficient (Wildman–Crippen LogP) is 2.91. The Labute approximate surface area is 162 Å². The zero-order chi connectivity index (χ0) is 20.2. The van der Waals surface area contributed by atoms with E-state index >= 15 is 0 Å². The summed E-state index contributed by atoms with van der Waals surface area (Å²) < 4.78 is 12.9. The summed E-state index contributed by atoms with van der Waals surface area (Å²) >= 11 is 0. The van der Waals surface area contributed by atoms with Gasteiger partial charge in [-0.15, -0.1) is 0 Å². The summed E-state index contributed by atoms with van der Waals surface area (Å²) in [6.07, 6.45) is 3.46. The summed E-state index contributed by atoms with van der Waals surface area (Å²) in [5, 5.41) is 9.44. The molecular weight excluding hydrogens is 346 g/mol. The molecule has 1 aromatic heterocycles. The van der Waals surface area contributed by atoms with Gasteiger partial charge in [0.05, 0.1) is 18.9 Å². The van der Waals surface area contributed by atoms with Crippen molar-refractivity contribution in [2.75, 3.05) is 33.4 Å². The van der Waals surface area contributed by atoms with Crippen LogP contribution in [0, 0.1) is 0 Å². The van der Waals surface area contributed by atoms with Crippen molar-refractivity contribution in [1.29, 1.82) is 0 Å². The fourth-order valence-corrected chi connectivity index (χ4v) is 3.45. The van der Waals surface area contributed by atoms with Gasteiger partial charge in [0.2, 0.25) is 0 Å². The van der Waals surface area contributed by atoms with Crippen molar-refractivity contribution >= 4 is 6.09 Å². The molecule has 1 aliphatic heterocycles. The van der Waals surface area contributed by atoms with Crippen LogP contribution in [0.1, 0.15) is 64.9 Å². The first-order chi connectivity index (χ1) is 12.6. The van der Waals surface area contributed by atoms with Crippen LogP contribution in [0.4, 0.5) is 4.79 Å². The molecular formula is C20H35N3O4. The molecule has 0 aromatic carbocycles. The van der Waals surface area contributed by atoms with Crippen molar-refractivity contribution in [2.45, 2.75) is 70.9 Å². The van der Waals surface area contributed by atoms with Crippen molar-refractivity contribution < 1.29 is 19.4 Å². The predicted molar refractivity (Wildman–Crippen MR) is 104 cm³/mol. The molecule has 0 aliphatic carbocycles. The summed E-state index contributed by atoms with van der Waals surface area (Å²) in [7, 11) is 1.69. The first-order valence-electron chi connectivity index (χ1n) is 9.72. The van der Waals surface area contributed by atoms with Gasteiger partial charge in [0.1, 0.15) is 11.4 Å². The topological polar surface area (TPSA) is 76.8 Å². The number of aliphatic hydroxyl groups is 1. The normalized spacial score (nSPS) is 16.6. The minimum Gasteiger partial charge on any atom is -0.444 e. The number of hydrogen-bond acceptors (Lipinski definition) is 5. The first-order valence-corrected chi connectivity index (χ1v) is 9.72. The Kier molecular flexibility index (Phi) is 6.92. The molecule has 0 spiro atoms. The Morgan fingerprint density at radius 1 is 1.26 bits per heavy atom. The van der Waals surface area contributed by atoms with Gasteiger partial charge in [-0.3, -0.25) is 0 Å². The molecule has 1 aliphatic rings.